The van der Waals surface area contributed by atoms with E-state index in [2.05, 4.69) is 6.58 Å². The van der Waals surface area contributed by atoms with Gasteiger partial charge in [-0.1, -0.05) is 36.9 Å². The topological polar surface area (TPSA) is 80.3 Å². The quantitative estimate of drug-likeness (QED) is 0.178. The van der Waals surface area contributed by atoms with Gasteiger partial charge in [-0.05, 0) is 42.8 Å². The van der Waals surface area contributed by atoms with E-state index in [1.807, 2.05) is 37.3 Å². The molecule has 0 aliphatic carbocycles. The summed E-state index contributed by atoms with van der Waals surface area (Å²) in [4.78, 5) is 26.0. The molecule has 2 aliphatic heterocycles. The highest BCUT2D eigenvalue weighted by Crippen LogP contribution is 2.50. The molecule has 7 nitrogen and oxygen atoms in total. The zero-order valence-electron chi connectivity index (χ0n) is 20.8. The second-order valence-electron chi connectivity index (χ2n) is 8.89. The van der Waals surface area contributed by atoms with Crippen LogP contribution in [-0.4, -0.2) is 32.6 Å². The number of carbonyl (C=O) groups is 2. The van der Waals surface area contributed by atoms with Crippen LogP contribution in [0.4, 0.5) is 0 Å². The molecule has 0 bridgehead atoms. The molecule has 1 atom stereocenters. The van der Waals surface area contributed by atoms with Crippen molar-refractivity contribution in [1.82, 2.24) is 0 Å². The van der Waals surface area contributed by atoms with Crippen molar-refractivity contribution in [3.05, 3.63) is 94.8 Å². The molecule has 2 heterocycles. The van der Waals surface area contributed by atoms with Crippen molar-refractivity contribution < 1.29 is 33.3 Å². The Balaban J connectivity index is 1.60. The van der Waals surface area contributed by atoms with Gasteiger partial charge < -0.3 is 23.7 Å². The average molecular weight is 499 g/mol. The van der Waals surface area contributed by atoms with Gasteiger partial charge in [-0.25, -0.2) is 0 Å². The number of carbonyl (C=O) groups excluding carboxylic acids is 2. The Kier molecular flexibility index (Phi) is 6.44. The van der Waals surface area contributed by atoms with Gasteiger partial charge in [-0.15, -0.1) is 0 Å². The minimum absolute atomic E-state index is 0.0806. The molecular formula is C30H26O7. The lowest BCUT2D eigenvalue weighted by Gasteiger charge is -2.27. The third-order valence-electron chi connectivity index (χ3n) is 6.27. The first-order valence-electron chi connectivity index (χ1n) is 11.8. The Morgan fingerprint density at radius 3 is 2.54 bits per heavy atom. The van der Waals surface area contributed by atoms with Gasteiger partial charge in [-0.3, -0.25) is 9.59 Å². The molecule has 0 spiro atoms. The monoisotopic (exact) mass is 498 g/mol. The molecule has 3 aromatic rings. The standard InChI is InChI=1S/C30H26O7/c1-17(2)16-35-22-10-6-5-9-19(22)21-15-26(31)36-23-13-12-20-28(32)25(37-30(20)27(21)23)14-18-8-7-11-24(33-3)29(18)34-4/h5-14,21H,1,15-16H2,2-4H3/b25-14-/t21-/m1/s1. The van der Waals surface area contributed by atoms with E-state index in [1.54, 1.807) is 37.5 Å². The molecule has 0 N–H and O–H groups in total. The number of hydrogen-bond acceptors (Lipinski definition) is 7. The van der Waals surface area contributed by atoms with Crippen molar-refractivity contribution in [3.63, 3.8) is 0 Å². The van der Waals surface area contributed by atoms with Gasteiger partial charge in [0, 0.05) is 22.6 Å². The molecule has 0 amide bonds. The first-order chi connectivity index (χ1) is 17.9. The lowest BCUT2D eigenvalue weighted by atomic mass is 9.84. The van der Waals surface area contributed by atoms with Gasteiger partial charge >= 0.3 is 5.97 Å². The predicted octanol–water partition coefficient (Wildman–Crippen LogP) is 5.72. The first-order valence-corrected chi connectivity index (χ1v) is 11.8. The summed E-state index contributed by atoms with van der Waals surface area (Å²) in [6.45, 7) is 6.13. The van der Waals surface area contributed by atoms with Gasteiger partial charge in [-0.2, -0.15) is 0 Å². The molecule has 0 saturated carbocycles. The van der Waals surface area contributed by atoms with Crippen LogP contribution in [0.3, 0.4) is 0 Å². The normalized spacial score (nSPS) is 16.9. The molecule has 7 heteroatoms. The second kappa shape index (κ2) is 9.85. The number of allylic oxidation sites excluding steroid dienone is 1. The molecule has 3 aromatic carbocycles. The van der Waals surface area contributed by atoms with Crippen LogP contribution in [0.15, 0.2) is 72.5 Å². The molecule has 0 unspecified atom stereocenters. The minimum Gasteiger partial charge on any atom is -0.493 e. The molecule has 5 rings (SSSR count). The average Bonchev–Trinajstić information content (AvgIpc) is 3.21. The minimum atomic E-state index is -0.425. The number of ketones is 1. The Morgan fingerprint density at radius 1 is 1.00 bits per heavy atom. The van der Waals surface area contributed by atoms with E-state index in [0.717, 1.165) is 11.1 Å². The summed E-state index contributed by atoms with van der Waals surface area (Å²) < 4.78 is 28.6. The number of esters is 1. The highest BCUT2D eigenvalue weighted by molar-refractivity contribution is 6.15. The summed E-state index contributed by atoms with van der Waals surface area (Å²) in [5.41, 5.74) is 3.34. The maximum Gasteiger partial charge on any atom is 0.312 e. The van der Waals surface area contributed by atoms with E-state index in [-0.39, 0.29) is 23.9 Å². The maximum absolute atomic E-state index is 13.4. The number of methoxy groups -OCH3 is 2. The SMILES string of the molecule is C=C(C)COc1ccccc1[C@H]1CC(=O)Oc2ccc3c(c21)O/C(=C\c1cccc(OC)c1OC)C3=O. The molecule has 37 heavy (non-hydrogen) atoms. The zero-order valence-corrected chi connectivity index (χ0v) is 20.8. The van der Waals surface area contributed by atoms with Crippen LogP contribution in [-0.2, 0) is 4.79 Å². The third kappa shape index (κ3) is 4.44. The van der Waals surface area contributed by atoms with E-state index < -0.39 is 5.92 Å². The third-order valence-corrected chi connectivity index (χ3v) is 6.27. The van der Waals surface area contributed by atoms with Crippen LogP contribution in [0.25, 0.3) is 6.08 Å². The van der Waals surface area contributed by atoms with Crippen LogP contribution in [0.1, 0.15) is 46.3 Å². The number of rotatable bonds is 7. The molecule has 0 aromatic heterocycles. The number of Topliss-reactive ketones (excluding diaryl/α,β-unsaturated/α-hetero) is 1. The summed E-state index contributed by atoms with van der Waals surface area (Å²) >= 11 is 0. The van der Waals surface area contributed by atoms with Crippen LogP contribution in [0.2, 0.25) is 0 Å². The predicted molar refractivity (Wildman–Crippen MR) is 138 cm³/mol. The van der Waals surface area contributed by atoms with Crippen molar-refractivity contribution in [2.45, 2.75) is 19.3 Å². The van der Waals surface area contributed by atoms with Crippen LogP contribution in [0.5, 0.6) is 28.7 Å². The van der Waals surface area contributed by atoms with Gasteiger partial charge in [0.05, 0.1) is 26.2 Å². The van der Waals surface area contributed by atoms with Gasteiger partial charge in [0.1, 0.15) is 23.9 Å². The molecule has 0 saturated heterocycles. The smallest absolute Gasteiger partial charge is 0.312 e. The fourth-order valence-corrected chi connectivity index (χ4v) is 4.64. The molecule has 188 valence electrons. The van der Waals surface area contributed by atoms with Gasteiger partial charge in [0.25, 0.3) is 0 Å². The highest BCUT2D eigenvalue weighted by Gasteiger charge is 2.39. The molecule has 0 radical (unpaired) electrons. The Labute approximate surface area is 214 Å². The lowest BCUT2D eigenvalue weighted by molar-refractivity contribution is -0.135. The Hall–Kier alpha value is -4.52. The van der Waals surface area contributed by atoms with Crippen molar-refractivity contribution in [2.24, 2.45) is 0 Å². The Bertz CT molecular complexity index is 1450. The van der Waals surface area contributed by atoms with Gasteiger partial charge in [0.15, 0.2) is 17.3 Å². The maximum atomic E-state index is 13.4. The second-order valence-corrected chi connectivity index (χ2v) is 8.89. The number of ether oxygens (including phenoxy) is 5. The van der Waals surface area contributed by atoms with Crippen molar-refractivity contribution in [2.75, 3.05) is 20.8 Å². The fourth-order valence-electron chi connectivity index (χ4n) is 4.64. The van der Waals surface area contributed by atoms with Crippen LogP contribution >= 0.6 is 0 Å². The van der Waals surface area contributed by atoms with E-state index in [1.165, 1.54) is 7.11 Å². The summed E-state index contributed by atoms with van der Waals surface area (Å²) in [6.07, 6.45) is 1.71. The number of hydrogen-bond donors (Lipinski definition) is 0. The largest absolute Gasteiger partial charge is 0.493 e. The van der Waals surface area contributed by atoms with Crippen molar-refractivity contribution in [3.8, 4) is 28.7 Å². The number of benzene rings is 3. The van der Waals surface area contributed by atoms with E-state index >= 15 is 0 Å². The summed E-state index contributed by atoms with van der Waals surface area (Å²) in [5.74, 6) is 1.47. The first kappa shape index (κ1) is 24.2. The fraction of sp³-hybridized carbons (Fsp3) is 0.200. The Morgan fingerprint density at radius 2 is 1.78 bits per heavy atom. The summed E-state index contributed by atoms with van der Waals surface area (Å²) in [7, 11) is 3.09. The number of fused-ring (bicyclic) bond motifs is 3. The number of para-hydroxylation sites is 2. The van der Waals surface area contributed by atoms with E-state index in [0.29, 0.717) is 52.0 Å². The summed E-state index contributed by atoms with van der Waals surface area (Å²) in [6, 6.07) is 16.2. The van der Waals surface area contributed by atoms with Crippen molar-refractivity contribution >= 4 is 17.8 Å². The van der Waals surface area contributed by atoms with Crippen molar-refractivity contribution in [1.29, 1.82) is 0 Å². The molecule has 0 fully saturated rings. The molecular weight excluding hydrogens is 472 g/mol. The van der Waals surface area contributed by atoms with E-state index in [9.17, 15) is 9.59 Å². The highest BCUT2D eigenvalue weighted by atomic mass is 16.5. The van der Waals surface area contributed by atoms with Crippen LogP contribution < -0.4 is 23.7 Å². The van der Waals surface area contributed by atoms with E-state index in [4.69, 9.17) is 23.7 Å². The summed E-state index contributed by atoms with van der Waals surface area (Å²) in [5, 5.41) is 0. The molecule has 2 aliphatic rings. The lowest BCUT2D eigenvalue weighted by Crippen LogP contribution is -2.22. The van der Waals surface area contributed by atoms with Gasteiger partial charge in [0.2, 0.25) is 5.78 Å². The zero-order chi connectivity index (χ0) is 26.1. The van der Waals surface area contributed by atoms with Crippen LogP contribution in [0, 0.1) is 0 Å².